The second-order valence-electron chi connectivity index (χ2n) is 30.8. The Kier molecular flexibility index (Phi) is 35.6. The standard InChI is InChI=1S/C79H118FN7O18S/c1-16-49(8)71(85(13)76(99)59(47(4)5)39-63(90)70(48(6)7)84(11)12)64(102-14)40-67(92)87-43-57(38-61(87)73(103-15)50(9)74(97)82-51(10)72(96)54-29-31-55(80)32-30-54)105-78(101)104-44-53-27-25-52(26-28-53)36-62(89)60(23-19-20-24-66(81)91)83-75(98)58(46(2)3)37-56(88)22-18-17-21-35-86-68(93)41-65(77(86)100)106-45-79(33-34-79)42-69(94)95/h25-32,46-51,57-61,64-65,70-71,73H,16-24,33-45H2,1-15H3,(H2,81,91)(H,82,97)(H,83,98)(H,94,95)/t49-,50+,51-,57-,58-,59-,60-,61-,64+,65?,70-,71-,73+/m0/s1. The number of unbranched alkanes of at least 4 members (excludes halogenated alkanes) is 3. The van der Waals surface area contributed by atoms with Gasteiger partial charge in [-0.15, -0.1) is 11.8 Å². The Hall–Kier alpha value is -7.49. The molecule has 5 rings (SSSR count). The van der Waals surface area contributed by atoms with E-state index in [9.17, 15) is 67.0 Å². The van der Waals surface area contributed by atoms with E-state index >= 15 is 4.79 Å². The number of ether oxygens (including phenoxy) is 4. The van der Waals surface area contributed by atoms with Crippen molar-refractivity contribution < 1.29 is 90.8 Å². The van der Waals surface area contributed by atoms with Crippen LogP contribution >= 0.6 is 11.8 Å². The number of rotatable bonds is 48. The van der Waals surface area contributed by atoms with Crippen molar-refractivity contribution in [2.45, 2.75) is 245 Å². The lowest BCUT2D eigenvalue weighted by molar-refractivity contribution is -0.149. The maximum absolute atomic E-state index is 15.1. The van der Waals surface area contributed by atoms with Gasteiger partial charge in [-0.05, 0) is 124 Å². The van der Waals surface area contributed by atoms with Gasteiger partial charge in [-0.3, -0.25) is 67.3 Å². The highest BCUT2D eigenvalue weighted by atomic mass is 32.2. The number of hydrogen-bond donors (Lipinski definition) is 4. The highest BCUT2D eigenvalue weighted by Gasteiger charge is 2.49. The largest absolute Gasteiger partial charge is 0.508 e. The van der Waals surface area contributed by atoms with Crippen molar-refractivity contribution in [3.8, 4) is 0 Å². The first kappa shape index (κ1) is 89.1. The molecule has 590 valence electrons. The van der Waals surface area contributed by atoms with Gasteiger partial charge in [0.2, 0.25) is 41.4 Å². The number of carboxylic acids is 1. The van der Waals surface area contributed by atoms with E-state index in [1.807, 2.05) is 74.4 Å². The molecule has 2 saturated heterocycles. The van der Waals surface area contributed by atoms with Gasteiger partial charge >= 0.3 is 12.1 Å². The van der Waals surface area contributed by atoms with Gasteiger partial charge < -0.3 is 50.2 Å². The van der Waals surface area contributed by atoms with Crippen molar-refractivity contribution in [2.24, 2.45) is 52.6 Å². The molecule has 2 aliphatic heterocycles. The zero-order valence-electron chi connectivity index (χ0n) is 65.0. The lowest BCUT2D eigenvalue weighted by Gasteiger charge is -2.41. The van der Waals surface area contributed by atoms with E-state index in [0.29, 0.717) is 55.4 Å². The molecule has 2 aromatic carbocycles. The molecule has 7 amide bonds. The number of carbonyl (C=O) groups is 13. The molecule has 25 nitrogen and oxygen atoms in total. The average Bonchev–Trinajstić information content (AvgIpc) is 1.61. The number of likely N-dealkylation sites (tertiary alicyclic amines) is 2. The summed E-state index contributed by atoms with van der Waals surface area (Å²) in [6, 6.07) is 7.58. The monoisotopic (exact) mass is 1500 g/mol. The molecular formula is C79H118FN7O18S. The number of halogens is 1. The van der Waals surface area contributed by atoms with Crippen molar-refractivity contribution in [3.63, 3.8) is 0 Å². The average molecular weight is 1500 g/mol. The summed E-state index contributed by atoms with van der Waals surface area (Å²) in [5.41, 5.74) is 6.37. The van der Waals surface area contributed by atoms with Crippen molar-refractivity contribution in [2.75, 3.05) is 54.2 Å². The van der Waals surface area contributed by atoms with Crippen LogP contribution < -0.4 is 16.4 Å². The van der Waals surface area contributed by atoms with Crippen molar-refractivity contribution in [1.82, 2.24) is 30.2 Å². The third kappa shape index (κ3) is 26.4. The predicted octanol–water partition coefficient (Wildman–Crippen LogP) is 9.13. The van der Waals surface area contributed by atoms with Crippen LogP contribution in [0.3, 0.4) is 0 Å². The minimum atomic E-state index is -1.08. The SMILES string of the molecule is CC[C@H](C)[C@@H]([C@@H](CC(=O)N1C[C@@H](OC(=O)OCc2ccc(CC(=O)[C@H](CCCCC(N)=O)NC(=O)[C@@H](CC(=O)CCCCCN3C(=O)CC(SCC4(CC(=O)O)CC4)C3=O)C(C)C)cc2)C[C@H]1[C@H](OC)[C@@H](C)C(=O)N[C@@H](C)C(=O)c1ccc(F)cc1)OC)N(C)C(=O)[C@@H](CC(=O)[C@H](C(C)C)N(C)C)C(C)C. The first-order chi connectivity index (χ1) is 50.0. The van der Waals surface area contributed by atoms with E-state index in [4.69, 9.17) is 24.7 Å². The van der Waals surface area contributed by atoms with E-state index < -0.39 is 119 Å². The predicted molar refractivity (Wildman–Crippen MR) is 398 cm³/mol. The highest BCUT2D eigenvalue weighted by molar-refractivity contribution is 8.00. The third-order valence-electron chi connectivity index (χ3n) is 21.3. The summed E-state index contributed by atoms with van der Waals surface area (Å²) < 4.78 is 37.5. The number of nitrogens with zero attached hydrogens (tertiary/aromatic N) is 4. The molecule has 106 heavy (non-hydrogen) atoms. The number of imide groups is 1. The van der Waals surface area contributed by atoms with E-state index in [2.05, 4.69) is 10.6 Å². The van der Waals surface area contributed by atoms with Crippen LogP contribution in [0.25, 0.3) is 0 Å². The van der Waals surface area contributed by atoms with Crippen LogP contribution in [0.1, 0.15) is 200 Å². The van der Waals surface area contributed by atoms with Gasteiger partial charge in [-0.2, -0.15) is 0 Å². The van der Waals surface area contributed by atoms with Crippen LogP contribution in [-0.2, 0) is 84.7 Å². The van der Waals surface area contributed by atoms with Crippen LogP contribution in [0, 0.1) is 52.7 Å². The number of aliphatic carboxylic acids is 1. The molecule has 1 aliphatic carbocycles. The Morgan fingerprint density at radius 3 is 1.94 bits per heavy atom. The summed E-state index contributed by atoms with van der Waals surface area (Å²) in [6.45, 7) is 18.1. The van der Waals surface area contributed by atoms with Crippen molar-refractivity contribution in [3.05, 3.63) is 71.0 Å². The topological polar surface area (TPSA) is 342 Å². The first-order valence-corrected chi connectivity index (χ1v) is 38.6. The number of nitrogens with one attached hydrogen (secondary N) is 2. The first-order valence-electron chi connectivity index (χ1n) is 37.6. The molecule has 0 aromatic heterocycles. The maximum Gasteiger partial charge on any atom is 0.508 e. The van der Waals surface area contributed by atoms with E-state index in [0.717, 1.165) is 25.0 Å². The van der Waals surface area contributed by atoms with Gasteiger partial charge in [0.15, 0.2) is 17.3 Å². The fourth-order valence-corrected chi connectivity index (χ4v) is 16.1. The number of methoxy groups -OCH3 is 2. The molecule has 0 radical (unpaired) electrons. The minimum absolute atomic E-state index is 0.00165. The van der Waals surface area contributed by atoms with Crippen molar-refractivity contribution >= 4 is 88.4 Å². The fraction of sp³-hybridized carbons (Fsp3) is 0.684. The number of Topliss-reactive ketones (excluding diaryl/α,β-unsaturated/α-hetero) is 4. The summed E-state index contributed by atoms with van der Waals surface area (Å²) in [5.74, 6) is -7.90. The Morgan fingerprint density at radius 2 is 1.38 bits per heavy atom. The summed E-state index contributed by atoms with van der Waals surface area (Å²) in [7, 11) is 8.18. The van der Waals surface area contributed by atoms with Gasteiger partial charge in [-0.25, -0.2) is 9.18 Å². The Labute approximate surface area is 629 Å². The summed E-state index contributed by atoms with van der Waals surface area (Å²) in [6.07, 6.45) is 0.541. The molecule has 2 heterocycles. The molecule has 5 N–H and O–H groups in total. The summed E-state index contributed by atoms with van der Waals surface area (Å²) in [5, 5.41) is 14.4. The number of thioether (sulfide) groups is 1. The maximum atomic E-state index is 15.1. The number of amides is 7. The Morgan fingerprint density at radius 1 is 0.745 bits per heavy atom. The van der Waals surface area contributed by atoms with Gasteiger partial charge in [0.1, 0.15) is 24.3 Å². The molecule has 13 atom stereocenters. The number of ketones is 4. The number of carbonyl (C=O) groups excluding carboxylic acids is 12. The zero-order valence-corrected chi connectivity index (χ0v) is 65.8. The number of likely N-dealkylation sites (N-methyl/N-ethyl adjacent to an activating group) is 2. The molecular weight excluding hydrogens is 1390 g/mol. The second kappa shape index (κ2) is 42.3. The molecule has 2 aromatic rings. The fourth-order valence-electron chi connectivity index (χ4n) is 14.7. The molecule has 3 aliphatic rings. The molecule has 0 bridgehead atoms. The molecule has 3 fully saturated rings. The molecule has 1 saturated carbocycles. The van der Waals surface area contributed by atoms with E-state index in [1.165, 1.54) is 54.8 Å². The smallest absolute Gasteiger partial charge is 0.481 e. The van der Waals surface area contributed by atoms with Crippen LogP contribution in [0.4, 0.5) is 9.18 Å². The third-order valence-corrected chi connectivity index (χ3v) is 22.9. The van der Waals surface area contributed by atoms with Gasteiger partial charge in [0.05, 0.1) is 73.0 Å². The van der Waals surface area contributed by atoms with Gasteiger partial charge in [-0.1, -0.05) is 106 Å². The number of nitrogens with two attached hydrogens (primary N) is 1. The summed E-state index contributed by atoms with van der Waals surface area (Å²) >= 11 is 1.35. The normalized spacial score (nSPS) is 19.2. The zero-order chi connectivity index (χ0) is 79.0. The Balaban J connectivity index is 1.24. The molecule has 27 heteroatoms. The lowest BCUT2D eigenvalue weighted by Crippen LogP contribution is -2.54. The number of carboxylic acid groups (broad SMARTS) is 1. The van der Waals surface area contributed by atoms with Crippen LogP contribution in [0.15, 0.2) is 48.5 Å². The minimum Gasteiger partial charge on any atom is -0.481 e. The van der Waals surface area contributed by atoms with E-state index in [1.54, 1.807) is 43.1 Å². The van der Waals surface area contributed by atoms with E-state index in [-0.39, 0.29) is 154 Å². The van der Waals surface area contributed by atoms with Gasteiger partial charge in [0, 0.05) is 95.9 Å². The highest BCUT2D eigenvalue weighted by Crippen LogP contribution is 2.52. The number of hydrogen-bond acceptors (Lipinski definition) is 19. The van der Waals surface area contributed by atoms with Crippen LogP contribution in [0.2, 0.25) is 0 Å². The quantitative estimate of drug-likeness (QED) is 0.0207. The molecule has 1 unspecified atom stereocenters. The molecule has 0 spiro atoms. The van der Waals surface area contributed by atoms with Crippen LogP contribution in [0.5, 0.6) is 0 Å². The number of primary amides is 1. The number of benzene rings is 2. The Bertz CT molecular complexity index is 3340. The second-order valence-corrected chi connectivity index (χ2v) is 32.0. The lowest BCUT2D eigenvalue weighted by atomic mass is 9.83. The van der Waals surface area contributed by atoms with Crippen LogP contribution in [-0.4, -0.2) is 209 Å². The van der Waals surface area contributed by atoms with Crippen molar-refractivity contribution in [1.29, 1.82) is 0 Å². The summed E-state index contributed by atoms with van der Waals surface area (Å²) in [4.78, 5) is 182. The van der Waals surface area contributed by atoms with Gasteiger partial charge in [0.25, 0.3) is 0 Å².